The molecular formula is C18H17F3N4O4. The molecule has 0 saturated carbocycles. The van der Waals surface area contributed by atoms with Crippen molar-refractivity contribution in [2.24, 2.45) is 0 Å². The van der Waals surface area contributed by atoms with Crippen molar-refractivity contribution in [2.45, 2.75) is 18.7 Å². The number of carbonyl (C=O) groups is 1. The molecule has 29 heavy (non-hydrogen) atoms. The maximum absolute atomic E-state index is 12.6. The van der Waals surface area contributed by atoms with Crippen molar-refractivity contribution in [3.8, 4) is 5.88 Å². The summed E-state index contributed by atoms with van der Waals surface area (Å²) in [5.74, 6) is -0.384. The highest BCUT2D eigenvalue weighted by molar-refractivity contribution is 5.95. The van der Waals surface area contributed by atoms with Gasteiger partial charge in [0.05, 0.1) is 17.0 Å². The van der Waals surface area contributed by atoms with Gasteiger partial charge in [-0.25, -0.2) is 4.98 Å². The topological polar surface area (TPSA) is 97.6 Å². The van der Waals surface area contributed by atoms with E-state index in [2.05, 4.69) is 10.3 Å². The van der Waals surface area contributed by atoms with E-state index in [-0.39, 0.29) is 17.1 Å². The molecule has 1 amide bonds. The van der Waals surface area contributed by atoms with Crippen LogP contribution in [0.25, 0.3) is 0 Å². The number of carbonyl (C=O) groups excluding carboxylic acids is 1. The molecule has 2 heterocycles. The van der Waals surface area contributed by atoms with Crippen LogP contribution in [0, 0.1) is 10.1 Å². The SMILES string of the molecule is CNC(=O)c1ccc(N2CCC(Oc3ccc(C(F)(F)F)cn3)C2)c([N+](=O)[O-])c1. The van der Waals surface area contributed by atoms with E-state index in [0.29, 0.717) is 31.4 Å². The molecule has 2 aromatic rings. The predicted molar refractivity (Wildman–Crippen MR) is 97.0 cm³/mol. The lowest BCUT2D eigenvalue weighted by molar-refractivity contribution is -0.384. The van der Waals surface area contributed by atoms with E-state index < -0.39 is 28.7 Å². The van der Waals surface area contributed by atoms with Crippen LogP contribution in [0.5, 0.6) is 5.88 Å². The minimum atomic E-state index is -4.48. The van der Waals surface area contributed by atoms with Gasteiger partial charge in [0.15, 0.2) is 0 Å². The molecule has 0 bridgehead atoms. The lowest BCUT2D eigenvalue weighted by Gasteiger charge is -2.19. The summed E-state index contributed by atoms with van der Waals surface area (Å²) >= 11 is 0. The zero-order valence-corrected chi connectivity index (χ0v) is 15.3. The summed E-state index contributed by atoms with van der Waals surface area (Å²) in [5.41, 5.74) is -0.567. The smallest absolute Gasteiger partial charge is 0.417 e. The Kier molecular flexibility index (Phi) is 5.57. The van der Waals surface area contributed by atoms with E-state index >= 15 is 0 Å². The second kappa shape index (κ2) is 7.94. The maximum Gasteiger partial charge on any atom is 0.417 e. The Labute approximate surface area is 163 Å². The first-order valence-corrected chi connectivity index (χ1v) is 8.64. The minimum Gasteiger partial charge on any atom is -0.472 e. The zero-order chi connectivity index (χ0) is 21.2. The van der Waals surface area contributed by atoms with Gasteiger partial charge in [-0.15, -0.1) is 0 Å². The number of benzene rings is 1. The third-order valence-electron chi connectivity index (χ3n) is 4.50. The molecule has 0 radical (unpaired) electrons. The Balaban J connectivity index is 1.72. The van der Waals surface area contributed by atoms with E-state index in [1.807, 2.05) is 0 Å². The van der Waals surface area contributed by atoms with Crippen molar-refractivity contribution in [3.05, 3.63) is 57.8 Å². The number of nitrogens with zero attached hydrogens (tertiary/aromatic N) is 3. The zero-order valence-electron chi connectivity index (χ0n) is 15.3. The van der Waals surface area contributed by atoms with E-state index in [1.165, 1.54) is 25.2 Å². The van der Waals surface area contributed by atoms with Crippen LogP contribution in [0.1, 0.15) is 22.3 Å². The third kappa shape index (κ3) is 4.55. The molecule has 1 aliphatic heterocycles. The van der Waals surface area contributed by atoms with Crippen molar-refractivity contribution in [2.75, 3.05) is 25.0 Å². The van der Waals surface area contributed by atoms with Gasteiger partial charge in [-0.2, -0.15) is 13.2 Å². The van der Waals surface area contributed by atoms with E-state index in [9.17, 15) is 28.1 Å². The summed E-state index contributed by atoms with van der Waals surface area (Å²) in [5, 5.41) is 13.9. The number of nitrogens with one attached hydrogen (secondary N) is 1. The van der Waals surface area contributed by atoms with E-state index in [1.54, 1.807) is 4.90 Å². The van der Waals surface area contributed by atoms with Gasteiger partial charge in [-0.05, 0) is 18.2 Å². The summed E-state index contributed by atoms with van der Waals surface area (Å²) < 4.78 is 43.4. The molecule has 1 N–H and O–H groups in total. The predicted octanol–water partition coefficient (Wildman–Crippen LogP) is 3.03. The number of ether oxygens (including phenoxy) is 1. The van der Waals surface area contributed by atoms with Gasteiger partial charge in [0.25, 0.3) is 11.6 Å². The van der Waals surface area contributed by atoms with Crippen molar-refractivity contribution in [3.63, 3.8) is 0 Å². The van der Waals surface area contributed by atoms with Gasteiger partial charge < -0.3 is 15.0 Å². The van der Waals surface area contributed by atoms with Crippen LogP contribution in [0.4, 0.5) is 24.5 Å². The van der Waals surface area contributed by atoms with E-state index in [4.69, 9.17) is 4.74 Å². The van der Waals surface area contributed by atoms with Crippen LogP contribution in [-0.4, -0.2) is 42.1 Å². The number of amides is 1. The number of nitro groups is 1. The van der Waals surface area contributed by atoms with Crippen LogP contribution >= 0.6 is 0 Å². The molecule has 154 valence electrons. The van der Waals surface area contributed by atoms with Gasteiger partial charge >= 0.3 is 6.18 Å². The Morgan fingerprint density at radius 1 is 1.34 bits per heavy atom. The molecule has 0 aliphatic carbocycles. The molecule has 0 spiro atoms. The maximum atomic E-state index is 12.6. The van der Waals surface area contributed by atoms with Crippen molar-refractivity contribution in [1.29, 1.82) is 0 Å². The van der Waals surface area contributed by atoms with Gasteiger partial charge in [0.2, 0.25) is 5.88 Å². The van der Waals surface area contributed by atoms with Gasteiger partial charge in [0.1, 0.15) is 11.8 Å². The Bertz CT molecular complexity index is 918. The number of halogens is 3. The standard InChI is InChI=1S/C18H17F3N4O4/c1-22-17(26)11-2-4-14(15(8-11)25(27)28)24-7-6-13(10-24)29-16-5-3-12(9-23-16)18(19,20)21/h2-5,8-9,13H,6-7,10H2,1H3,(H,22,26). The van der Waals surface area contributed by atoms with Crippen LogP contribution in [0.15, 0.2) is 36.5 Å². The number of rotatable bonds is 5. The molecule has 1 saturated heterocycles. The monoisotopic (exact) mass is 410 g/mol. The van der Waals surface area contributed by atoms with E-state index in [0.717, 1.165) is 12.1 Å². The fourth-order valence-electron chi connectivity index (χ4n) is 3.05. The number of nitro benzene ring substituents is 1. The fraction of sp³-hybridized carbons (Fsp3) is 0.333. The average Bonchev–Trinajstić information content (AvgIpc) is 3.14. The minimum absolute atomic E-state index is 0.0503. The first-order chi connectivity index (χ1) is 13.7. The largest absolute Gasteiger partial charge is 0.472 e. The van der Waals surface area contributed by atoms with Crippen molar-refractivity contribution < 1.29 is 27.6 Å². The average molecular weight is 410 g/mol. The second-order valence-corrected chi connectivity index (χ2v) is 6.40. The second-order valence-electron chi connectivity index (χ2n) is 6.40. The van der Waals surface area contributed by atoms with Crippen molar-refractivity contribution >= 4 is 17.3 Å². The molecule has 1 aromatic carbocycles. The molecule has 1 aromatic heterocycles. The Morgan fingerprint density at radius 2 is 2.10 bits per heavy atom. The molecule has 1 unspecified atom stereocenters. The van der Waals surface area contributed by atoms with Crippen LogP contribution in [0.3, 0.4) is 0 Å². The lowest BCUT2D eigenvalue weighted by Crippen LogP contribution is -2.25. The molecular weight excluding hydrogens is 393 g/mol. The molecule has 1 fully saturated rings. The highest BCUT2D eigenvalue weighted by Gasteiger charge is 2.32. The van der Waals surface area contributed by atoms with Gasteiger partial charge in [0, 0.05) is 43.9 Å². The highest BCUT2D eigenvalue weighted by atomic mass is 19.4. The molecule has 3 rings (SSSR count). The number of alkyl halides is 3. The lowest BCUT2D eigenvalue weighted by atomic mass is 10.1. The molecule has 11 heteroatoms. The number of hydrogen-bond acceptors (Lipinski definition) is 6. The third-order valence-corrected chi connectivity index (χ3v) is 4.50. The number of hydrogen-bond donors (Lipinski definition) is 1. The van der Waals surface area contributed by atoms with Crippen molar-refractivity contribution in [1.82, 2.24) is 10.3 Å². The molecule has 1 atom stereocenters. The van der Waals surface area contributed by atoms with Crippen LogP contribution < -0.4 is 15.0 Å². The summed E-state index contributed by atoms with van der Waals surface area (Å²) in [7, 11) is 1.43. The fourth-order valence-corrected chi connectivity index (χ4v) is 3.05. The first-order valence-electron chi connectivity index (χ1n) is 8.64. The number of pyridine rings is 1. The van der Waals surface area contributed by atoms with Gasteiger partial charge in [-0.3, -0.25) is 14.9 Å². The normalized spacial score (nSPS) is 16.6. The highest BCUT2D eigenvalue weighted by Crippen LogP contribution is 2.33. The van der Waals surface area contributed by atoms with Crippen LogP contribution in [-0.2, 0) is 6.18 Å². The summed E-state index contributed by atoms with van der Waals surface area (Å²) in [6.07, 6.45) is -3.66. The number of anilines is 1. The Morgan fingerprint density at radius 3 is 2.69 bits per heavy atom. The summed E-state index contributed by atoms with van der Waals surface area (Å²) in [4.78, 5) is 28.0. The molecule has 1 aliphatic rings. The van der Waals surface area contributed by atoms with Gasteiger partial charge in [-0.1, -0.05) is 0 Å². The summed E-state index contributed by atoms with van der Waals surface area (Å²) in [6, 6.07) is 6.23. The Hall–Kier alpha value is -3.37. The molecule has 8 nitrogen and oxygen atoms in total. The first kappa shape index (κ1) is 20.4. The number of aromatic nitrogens is 1. The quantitative estimate of drug-likeness (QED) is 0.601. The summed E-state index contributed by atoms with van der Waals surface area (Å²) in [6.45, 7) is 0.744. The van der Waals surface area contributed by atoms with Crippen LogP contribution in [0.2, 0.25) is 0 Å².